The lowest BCUT2D eigenvalue weighted by Gasteiger charge is -2.28. The number of aromatic nitrogens is 2. The molecule has 2 atom stereocenters. The molecule has 2 N–H and O–H groups in total. The Kier molecular flexibility index (Phi) is 7.73. The maximum absolute atomic E-state index is 12.9. The molecule has 1 saturated heterocycles. The first-order valence-electron chi connectivity index (χ1n) is 13.0. The molecule has 0 radical (unpaired) electrons. The number of rotatable bonds is 7. The number of amides is 1. The fourth-order valence-electron chi connectivity index (χ4n) is 5.36. The third-order valence-corrected chi connectivity index (χ3v) is 8.14. The second-order valence-electron chi connectivity index (χ2n) is 10.0. The van der Waals surface area contributed by atoms with Crippen LogP contribution in [0.15, 0.2) is 72.9 Å². The monoisotopic (exact) mass is 557 g/mol. The van der Waals surface area contributed by atoms with E-state index in [2.05, 4.69) is 51.1 Å². The summed E-state index contributed by atoms with van der Waals surface area (Å²) in [6.07, 6.45) is 2.10. The standard InChI is InChI=1S/C31H32ClN5OS/c1-19-11-13-23(14-12-19)34-28(38)15-17-36-30(29(35-31(36)39)26-9-5-6-16-33-26)24-18-20(2)37(22(24)4)27-10-7-8-25(32)21(27)3/h5-14,16,18,29-30H,15,17H2,1-4H3,(H,34,38)(H,35,39)/t29-,30+/m0/s1. The van der Waals surface area contributed by atoms with Gasteiger partial charge in [0.1, 0.15) is 0 Å². The Bertz CT molecular complexity index is 1520. The van der Waals surface area contributed by atoms with Gasteiger partial charge in [-0.05, 0) is 93.5 Å². The van der Waals surface area contributed by atoms with Crippen LogP contribution < -0.4 is 10.6 Å². The highest BCUT2D eigenvalue weighted by Gasteiger charge is 2.41. The van der Waals surface area contributed by atoms with Gasteiger partial charge in [-0.2, -0.15) is 0 Å². The van der Waals surface area contributed by atoms with Crippen LogP contribution in [0.25, 0.3) is 5.69 Å². The maximum atomic E-state index is 12.9. The lowest BCUT2D eigenvalue weighted by atomic mass is 9.96. The molecular formula is C31H32ClN5OS. The quantitative estimate of drug-likeness (QED) is 0.246. The van der Waals surface area contributed by atoms with Crippen molar-refractivity contribution in [3.8, 4) is 5.69 Å². The minimum atomic E-state index is -0.159. The van der Waals surface area contributed by atoms with Gasteiger partial charge in [0, 0.05) is 46.9 Å². The molecular weight excluding hydrogens is 526 g/mol. The summed E-state index contributed by atoms with van der Waals surface area (Å²) in [5, 5.41) is 7.85. The van der Waals surface area contributed by atoms with Gasteiger partial charge in [0.05, 0.1) is 17.8 Å². The Labute approximate surface area is 240 Å². The van der Waals surface area contributed by atoms with Crippen molar-refractivity contribution < 1.29 is 4.79 Å². The van der Waals surface area contributed by atoms with Gasteiger partial charge in [0.2, 0.25) is 5.91 Å². The van der Waals surface area contributed by atoms with E-state index < -0.39 is 0 Å². The van der Waals surface area contributed by atoms with E-state index in [1.54, 1.807) is 6.20 Å². The van der Waals surface area contributed by atoms with Crippen molar-refractivity contribution in [2.45, 2.75) is 46.2 Å². The number of halogens is 1. The Morgan fingerprint density at radius 2 is 1.82 bits per heavy atom. The lowest BCUT2D eigenvalue weighted by molar-refractivity contribution is -0.116. The zero-order chi connectivity index (χ0) is 27.7. The molecule has 8 heteroatoms. The van der Waals surface area contributed by atoms with E-state index in [-0.39, 0.29) is 18.0 Å². The summed E-state index contributed by atoms with van der Waals surface area (Å²) in [7, 11) is 0. The fraction of sp³-hybridized carbons (Fsp3) is 0.258. The third-order valence-electron chi connectivity index (χ3n) is 7.38. The lowest BCUT2D eigenvalue weighted by Crippen LogP contribution is -2.32. The molecule has 0 bridgehead atoms. The number of carbonyl (C=O) groups is 1. The first-order chi connectivity index (χ1) is 18.7. The average molecular weight is 558 g/mol. The molecule has 4 aromatic rings. The molecule has 2 aromatic carbocycles. The maximum Gasteiger partial charge on any atom is 0.226 e. The third kappa shape index (κ3) is 5.42. The van der Waals surface area contributed by atoms with Crippen molar-refractivity contribution in [2.24, 2.45) is 0 Å². The topological polar surface area (TPSA) is 62.2 Å². The predicted molar refractivity (Wildman–Crippen MR) is 162 cm³/mol. The van der Waals surface area contributed by atoms with E-state index in [0.29, 0.717) is 18.1 Å². The summed E-state index contributed by atoms with van der Waals surface area (Å²) in [6.45, 7) is 8.76. The van der Waals surface area contributed by atoms with Crippen molar-refractivity contribution in [3.05, 3.63) is 112 Å². The molecule has 1 aliphatic rings. The van der Waals surface area contributed by atoms with E-state index in [1.165, 1.54) is 0 Å². The van der Waals surface area contributed by atoms with Gasteiger partial charge in [0.15, 0.2) is 5.11 Å². The highest BCUT2D eigenvalue weighted by Crippen LogP contribution is 2.42. The zero-order valence-corrected chi connectivity index (χ0v) is 24.1. The van der Waals surface area contributed by atoms with E-state index in [0.717, 1.165) is 50.2 Å². The second kappa shape index (κ2) is 11.2. The molecule has 0 spiro atoms. The number of nitrogens with zero attached hydrogens (tertiary/aromatic N) is 3. The molecule has 2 aromatic heterocycles. The van der Waals surface area contributed by atoms with Crippen LogP contribution in [0.3, 0.4) is 0 Å². The van der Waals surface area contributed by atoms with Crippen LogP contribution in [0, 0.1) is 27.7 Å². The molecule has 6 nitrogen and oxygen atoms in total. The molecule has 0 aliphatic carbocycles. The van der Waals surface area contributed by atoms with Gasteiger partial charge in [-0.3, -0.25) is 9.78 Å². The molecule has 3 heterocycles. The normalized spacial score (nSPS) is 16.8. The SMILES string of the molecule is Cc1ccc(NC(=O)CCN2C(=S)N[C@@H](c3ccccn3)[C@H]2c2cc(C)n(-c3cccc(Cl)c3C)c2C)cc1. The Morgan fingerprint density at radius 1 is 1.05 bits per heavy atom. The number of carbonyl (C=O) groups excluding carboxylic acids is 1. The highest BCUT2D eigenvalue weighted by molar-refractivity contribution is 7.80. The minimum Gasteiger partial charge on any atom is -0.352 e. The van der Waals surface area contributed by atoms with Gasteiger partial charge in [0.25, 0.3) is 0 Å². The Hall–Kier alpha value is -3.68. The predicted octanol–water partition coefficient (Wildman–Crippen LogP) is 6.76. The number of aryl methyl sites for hydroxylation is 2. The molecule has 39 heavy (non-hydrogen) atoms. The number of hydrogen-bond donors (Lipinski definition) is 2. The highest BCUT2D eigenvalue weighted by atomic mass is 35.5. The van der Waals surface area contributed by atoms with Crippen LogP contribution >= 0.6 is 23.8 Å². The van der Waals surface area contributed by atoms with E-state index in [4.69, 9.17) is 23.8 Å². The van der Waals surface area contributed by atoms with Gasteiger partial charge in [-0.25, -0.2) is 0 Å². The van der Waals surface area contributed by atoms with Crippen LogP contribution in [0.1, 0.15) is 52.3 Å². The molecule has 200 valence electrons. The summed E-state index contributed by atoms with van der Waals surface area (Å²) in [5.41, 5.74) is 8.25. The van der Waals surface area contributed by atoms with E-state index >= 15 is 0 Å². The summed E-state index contributed by atoms with van der Waals surface area (Å²) in [6, 6.07) is 21.6. The Morgan fingerprint density at radius 3 is 2.54 bits per heavy atom. The molecule has 1 fully saturated rings. The summed E-state index contributed by atoms with van der Waals surface area (Å²) in [5.74, 6) is -0.0540. The zero-order valence-electron chi connectivity index (χ0n) is 22.5. The second-order valence-corrected chi connectivity index (χ2v) is 10.8. The number of nitrogens with one attached hydrogen (secondary N) is 2. The molecule has 1 amide bonds. The molecule has 0 unspecified atom stereocenters. The number of anilines is 1. The first kappa shape index (κ1) is 26.9. The van der Waals surface area contributed by atoms with Crippen molar-refractivity contribution in [2.75, 3.05) is 11.9 Å². The van der Waals surface area contributed by atoms with Crippen LogP contribution in [-0.4, -0.2) is 32.0 Å². The number of benzene rings is 2. The van der Waals surface area contributed by atoms with Crippen molar-refractivity contribution in [1.29, 1.82) is 0 Å². The Balaban J connectivity index is 1.48. The van der Waals surface area contributed by atoms with Crippen LogP contribution in [-0.2, 0) is 4.79 Å². The van der Waals surface area contributed by atoms with E-state index in [1.807, 2.05) is 68.4 Å². The van der Waals surface area contributed by atoms with Crippen LogP contribution in [0.5, 0.6) is 0 Å². The molecule has 0 saturated carbocycles. The van der Waals surface area contributed by atoms with E-state index in [9.17, 15) is 4.79 Å². The molecule has 5 rings (SSSR count). The largest absolute Gasteiger partial charge is 0.352 e. The summed E-state index contributed by atoms with van der Waals surface area (Å²) in [4.78, 5) is 19.7. The number of hydrogen-bond acceptors (Lipinski definition) is 3. The van der Waals surface area contributed by atoms with Gasteiger partial charge >= 0.3 is 0 Å². The van der Waals surface area contributed by atoms with Gasteiger partial charge in [-0.15, -0.1) is 0 Å². The average Bonchev–Trinajstić information content (AvgIpc) is 3.40. The first-order valence-corrected chi connectivity index (χ1v) is 13.8. The van der Waals surface area contributed by atoms with Gasteiger partial charge in [-0.1, -0.05) is 41.4 Å². The van der Waals surface area contributed by atoms with Gasteiger partial charge < -0.3 is 20.1 Å². The van der Waals surface area contributed by atoms with Crippen LogP contribution in [0.2, 0.25) is 5.02 Å². The number of thiocarbonyl (C=S) groups is 1. The van der Waals surface area contributed by atoms with Crippen molar-refractivity contribution >= 4 is 40.5 Å². The summed E-state index contributed by atoms with van der Waals surface area (Å²) >= 11 is 12.3. The fourth-order valence-corrected chi connectivity index (χ4v) is 5.86. The van der Waals surface area contributed by atoms with Crippen molar-refractivity contribution in [3.63, 3.8) is 0 Å². The summed E-state index contributed by atoms with van der Waals surface area (Å²) < 4.78 is 2.25. The van der Waals surface area contributed by atoms with Crippen molar-refractivity contribution in [1.82, 2.24) is 19.8 Å². The smallest absolute Gasteiger partial charge is 0.226 e. The van der Waals surface area contributed by atoms with Crippen LogP contribution in [0.4, 0.5) is 5.69 Å². The number of pyridine rings is 1. The minimum absolute atomic E-state index is 0.0540. The molecule has 1 aliphatic heterocycles.